The molecule has 0 saturated heterocycles. The van der Waals surface area contributed by atoms with Crippen LogP contribution < -0.4 is 4.90 Å². The van der Waals surface area contributed by atoms with Crippen LogP contribution >= 0.6 is 0 Å². The molecule has 0 amide bonds. The van der Waals surface area contributed by atoms with Crippen molar-refractivity contribution in [2.75, 3.05) is 19.1 Å². The standard InChI is InChI=1S/C28H41N3O2Si/c1-18(2)30(9)26-16-24-15-22(28(32)33-10)11-12-25(24)29-27(26)23-13-14-31(17-23)34(19(3)4,20(5)6)21(7)8/h11-21H,1-10H3. The smallest absolute Gasteiger partial charge is 0.337 e. The number of esters is 1. The summed E-state index contributed by atoms with van der Waals surface area (Å²) in [7, 11) is 1.68. The maximum Gasteiger partial charge on any atom is 0.337 e. The molecule has 184 valence electrons. The fraction of sp³-hybridized carbons (Fsp3) is 0.500. The third-order valence-electron chi connectivity index (χ3n) is 7.56. The van der Waals surface area contributed by atoms with Gasteiger partial charge in [-0.1, -0.05) is 41.5 Å². The van der Waals surface area contributed by atoms with Gasteiger partial charge in [0.1, 0.15) is 0 Å². The van der Waals surface area contributed by atoms with Gasteiger partial charge in [0.2, 0.25) is 0 Å². The van der Waals surface area contributed by atoms with Gasteiger partial charge in [-0.2, -0.15) is 0 Å². The van der Waals surface area contributed by atoms with E-state index >= 15 is 0 Å². The van der Waals surface area contributed by atoms with Crippen LogP contribution in [0.4, 0.5) is 5.69 Å². The number of hydrogen-bond donors (Lipinski definition) is 0. The number of nitrogens with zero attached hydrogens (tertiary/aromatic N) is 3. The third kappa shape index (κ3) is 4.40. The van der Waals surface area contributed by atoms with Gasteiger partial charge in [0.05, 0.1) is 29.6 Å². The molecule has 0 atom stereocenters. The Hall–Kier alpha value is -2.60. The lowest BCUT2D eigenvalue weighted by Gasteiger charge is -2.44. The zero-order valence-corrected chi connectivity index (χ0v) is 23.5. The lowest BCUT2D eigenvalue weighted by atomic mass is 10.1. The number of ether oxygens (including phenoxy) is 1. The Bertz CT molecular complexity index is 1140. The Morgan fingerprint density at radius 3 is 2.12 bits per heavy atom. The van der Waals surface area contributed by atoms with E-state index in [1.807, 2.05) is 12.1 Å². The molecule has 2 aromatic heterocycles. The van der Waals surface area contributed by atoms with E-state index in [1.54, 1.807) is 6.07 Å². The normalized spacial score (nSPS) is 12.4. The molecule has 0 N–H and O–H groups in total. The number of benzene rings is 1. The van der Waals surface area contributed by atoms with E-state index in [4.69, 9.17) is 9.72 Å². The average molecular weight is 480 g/mol. The Morgan fingerprint density at radius 2 is 1.59 bits per heavy atom. The minimum atomic E-state index is -1.84. The molecule has 0 unspecified atom stereocenters. The van der Waals surface area contributed by atoms with Gasteiger partial charge < -0.3 is 13.9 Å². The fourth-order valence-electron chi connectivity index (χ4n) is 5.84. The Kier molecular flexibility index (Phi) is 7.61. The van der Waals surface area contributed by atoms with Crippen LogP contribution in [0, 0.1) is 0 Å². The van der Waals surface area contributed by atoms with Gasteiger partial charge in [-0.25, -0.2) is 9.78 Å². The SMILES string of the molecule is COC(=O)c1ccc2nc(-c3ccn([Si](C(C)C)(C(C)C)C(C)C)c3)c(N(C)C(C)C)cc2c1. The van der Waals surface area contributed by atoms with Crippen molar-refractivity contribution in [3.05, 3.63) is 48.3 Å². The molecule has 0 saturated carbocycles. The first-order valence-electron chi connectivity index (χ1n) is 12.4. The molecule has 3 rings (SSSR count). The van der Waals surface area contributed by atoms with Crippen molar-refractivity contribution < 1.29 is 9.53 Å². The topological polar surface area (TPSA) is 47.4 Å². The van der Waals surface area contributed by atoms with Crippen LogP contribution in [-0.4, -0.2) is 43.6 Å². The zero-order chi connectivity index (χ0) is 25.4. The van der Waals surface area contributed by atoms with Crippen molar-refractivity contribution in [3.8, 4) is 11.3 Å². The van der Waals surface area contributed by atoms with Gasteiger partial charge in [-0.05, 0) is 67.0 Å². The van der Waals surface area contributed by atoms with Crippen molar-refractivity contribution >= 4 is 30.8 Å². The van der Waals surface area contributed by atoms with Crippen molar-refractivity contribution in [2.45, 2.75) is 78.1 Å². The second kappa shape index (κ2) is 9.94. The zero-order valence-electron chi connectivity index (χ0n) is 22.5. The summed E-state index contributed by atoms with van der Waals surface area (Å²) in [6.07, 6.45) is 4.62. The summed E-state index contributed by atoms with van der Waals surface area (Å²) in [4.78, 5) is 19.4. The minimum Gasteiger partial charge on any atom is -0.465 e. The van der Waals surface area contributed by atoms with Crippen LogP contribution in [-0.2, 0) is 4.74 Å². The molecular weight excluding hydrogens is 438 g/mol. The summed E-state index contributed by atoms with van der Waals surface area (Å²) in [6, 6.07) is 10.3. The number of hydrogen-bond acceptors (Lipinski definition) is 4. The second-order valence-corrected chi connectivity index (χ2v) is 16.4. The van der Waals surface area contributed by atoms with Gasteiger partial charge in [0.15, 0.2) is 8.24 Å². The highest BCUT2D eigenvalue weighted by molar-refractivity contribution is 6.82. The Morgan fingerprint density at radius 1 is 0.971 bits per heavy atom. The van der Waals surface area contributed by atoms with E-state index in [9.17, 15) is 4.79 Å². The first kappa shape index (κ1) is 26.0. The van der Waals surface area contributed by atoms with E-state index in [2.05, 4.69) is 96.1 Å². The van der Waals surface area contributed by atoms with Crippen molar-refractivity contribution in [2.24, 2.45) is 0 Å². The van der Waals surface area contributed by atoms with Crippen molar-refractivity contribution in [1.29, 1.82) is 0 Å². The number of carbonyl (C=O) groups excluding carboxylic acids is 1. The Labute approximate surface area is 206 Å². The highest BCUT2D eigenvalue weighted by Gasteiger charge is 2.45. The highest BCUT2D eigenvalue weighted by Crippen LogP contribution is 2.44. The molecule has 0 fully saturated rings. The van der Waals surface area contributed by atoms with Crippen LogP contribution in [0.5, 0.6) is 0 Å². The van der Waals surface area contributed by atoms with Crippen LogP contribution in [0.3, 0.4) is 0 Å². The first-order chi connectivity index (χ1) is 15.9. The molecule has 0 aliphatic rings. The van der Waals surface area contributed by atoms with E-state index < -0.39 is 8.24 Å². The van der Waals surface area contributed by atoms with Gasteiger partial charge in [-0.3, -0.25) is 0 Å². The summed E-state index contributed by atoms with van der Waals surface area (Å²) in [5.41, 5.74) is 6.44. The largest absolute Gasteiger partial charge is 0.465 e. The minimum absolute atomic E-state index is 0.305. The summed E-state index contributed by atoms with van der Waals surface area (Å²) in [5.74, 6) is -0.334. The lowest BCUT2D eigenvalue weighted by molar-refractivity contribution is 0.0601. The first-order valence-corrected chi connectivity index (χ1v) is 14.6. The van der Waals surface area contributed by atoms with Crippen LogP contribution in [0.25, 0.3) is 22.2 Å². The predicted octanol–water partition coefficient (Wildman–Crippen LogP) is 7.36. The van der Waals surface area contributed by atoms with E-state index in [1.165, 1.54) is 7.11 Å². The summed E-state index contributed by atoms with van der Waals surface area (Å²) < 4.78 is 7.48. The summed E-state index contributed by atoms with van der Waals surface area (Å²) in [5, 5.41) is 0.934. The molecule has 5 nitrogen and oxygen atoms in total. The summed E-state index contributed by atoms with van der Waals surface area (Å²) in [6.45, 7) is 18.7. The molecule has 34 heavy (non-hydrogen) atoms. The van der Waals surface area contributed by atoms with Gasteiger partial charge >= 0.3 is 5.97 Å². The number of fused-ring (bicyclic) bond motifs is 1. The molecule has 0 spiro atoms. The van der Waals surface area contributed by atoms with Gasteiger partial charge in [0, 0.05) is 30.2 Å². The fourth-order valence-corrected chi connectivity index (χ4v) is 12.3. The maximum absolute atomic E-state index is 12.1. The van der Waals surface area contributed by atoms with Crippen LogP contribution in [0.2, 0.25) is 16.6 Å². The molecule has 0 radical (unpaired) electrons. The molecular formula is C28H41N3O2Si. The van der Waals surface area contributed by atoms with E-state index in [-0.39, 0.29) is 5.97 Å². The monoisotopic (exact) mass is 479 g/mol. The average Bonchev–Trinajstić information content (AvgIpc) is 3.26. The Balaban J connectivity index is 2.24. The molecule has 2 heterocycles. The van der Waals surface area contributed by atoms with Gasteiger partial charge in [-0.15, -0.1) is 0 Å². The van der Waals surface area contributed by atoms with Crippen molar-refractivity contribution in [3.63, 3.8) is 0 Å². The highest BCUT2D eigenvalue weighted by atomic mass is 28.3. The number of methoxy groups -OCH3 is 1. The maximum atomic E-state index is 12.1. The molecule has 3 aromatic rings. The van der Waals surface area contributed by atoms with E-state index in [0.29, 0.717) is 28.2 Å². The third-order valence-corrected chi connectivity index (χ3v) is 14.3. The van der Waals surface area contributed by atoms with E-state index in [0.717, 1.165) is 27.8 Å². The van der Waals surface area contributed by atoms with Crippen molar-refractivity contribution in [1.82, 2.24) is 9.22 Å². The summed E-state index contributed by atoms with van der Waals surface area (Å²) >= 11 is 0. The quantitative estimate of drug-likeness (QED) is 0.250. The molecule has 6 heteroatoms. The lowest BCUT2D eigenvalue weighted by Crippen LogP contribution is -2.51. The number of rotatable bonds is 8. The second-order valence-electron chi connectivity index (χ2n) is 10.6. The number of pyridine rings is 1. The molecule has 0 aliphatic heterocycles. The number of aromatic nitrogens is 2. The van der Waals surface area contributed by atoms with Gasteiger partial charge in [0.25, 0.3) is 0 Å². The number of anilines is 1. The molecule has 0 aliphatic carbocycles. The predicted molar refractivity (Wildman–Crippen MR) is 146 cm³/mol. The molecule has 1 aromatic carbocycles. The number of carbonyl (C=O) groups is 1. The molecule has 0 bridgehead atoms. The van der Waals surface area contributed by atoms with Crippen LogP contribution in [0.1, 0.15) is 65.7 Å². The van der Waals surface area contributed by atoms with Crippen LogP contribution in [0.15, 0.2) is 42.7 Å².